The number of fused-ring (bicyclic) bond motifs is 1. The summed E-state index contributed by atoms with van der Waals surface area (Å²) in [6, 6.07) is 19.0. The van der Waals surface area contributed by atoms with Crippen LogP contribution >= 0.6 is 0 Å². The summed E-state index contributed by atoms with van der Waals surface area (Å²) in [5, 5.41) is 12.8. The first kappa shape index (κ1) is 22.2. The lowest BCUT2D eigenvalue weighted by Gasteiger charge is -2.33. The number of hydrogen-bond donors (Lipinski definition) is 1. The van der Waals surface area contributed by atoms with E-state index in [-0.39, 0.29) is 11.9 Å². The molecule has 2 aromatic carbocycles. The molecule has 1 N–H and O–H groups in total. The summed E-state index contributed by atoms with van der Waals surface area (Å²) in [7, 11) is 1.40. The molecule has 1 aliphatic rings. The number of nitrogens with zero attached hydrogens (tertiary/aromatic N) is 4. The number of esters is 1. The summed E-state index contributed by atoms with van der Waals surface area (Å²) >= 11 is 0. The van der Waals surface area contributed by atoms with Crippen molar-refractivity contribution in [1.82, 2.24) is 15.3 Å². The second-order valence-corrected chi connectivity index (χ2v) is 7.97. The topological polar surface area (TPSA) is 108 Å². The van der Waals surface area contributed by atoms with Crippen LogP contribution in [0, 0.1) is 17.2 Å². The van der Waals surface area contributed by atoms with Crippen LogP contribution in [0.5, 0.6) is 0 Å². The summed E-state index contributed by atoms with van der Waals surface area (Å²) in [5.74, 6) is -1.40. The van der Waals surface area contributed by atoms with E-state index in [0.717, 1.165) is 5.56 Å². The number of methoxy groups -OCH3 is 1. The number of rotatable bonds is 6. The molecule has 0 saturated carbocycles. The van der Waals surface area contributed by atoms with Gasteiger partial charge in [0.1, 0.15) is 5.69 Å². The molecule has 33 heavy (non-hydrogen) atoms. The molecule has 0 aliphatic carbocycles. The molecule has 1 aromatic heterocycles. The Morgan fingerprint density at radius 2 is 1.73 bits per heavy atom. The number of carbonyl (C=O) groups is 2. The van der Waals surface area contributed by atoms with Crippen LogP contribution < -0.4 is 10.2 Å². The fourth-order valence-corrected chi connectivity index (χ4v) is 4.06. The normalized spacial score (nSPS) is 15.0. The number of nitrogens with one attached hydrogen (secondary N) is 1. The summed E-state index contributed by atoms with van der Waals surface area (Å²) < 4.78 is 4.88. The van der Waals surface area contributed by atoms with Crippen molar-refractivity contribution in [3.63, 3.8) is 0 Å². The number of nitriles is 1. The average Bonchev–Trinajstić information content (AvgIpc) is 2.87. The van der Waals surface area contributed by atoms with Gasteiger partial charge >= 0.3 is 5.97 Å². The van der Waals surface area contributed by atoms with Gasteiger partial charge in [-0.2, -0.15) is 5.26 Å². The highest BCUT2D eigenvalue weighted by Crippen LogP contribution is 2.30. The Balaban J connectivity index is 1.63. The minimum Gasteiger partial charge on any atom is -0.469 e. The van der Waals surface area contributed by atoms with Gasteiger partial charge in [0.25, 0.3) is 0 Å². The second kappa shape index (κ2) is 10.1. The van der Waals surface area contributed by atoms with Crippen LogP contribution in [0.4, 0.5) is 5.82 Å². The quantitative estimate of drug-likeness (QED) is 0.584. The average molecular weight is 444 g/mol. The van der Waals surface area contributed by atoms with Crippen molar-refractivity contribution in [1.29, 1.82) is 5.26 Å². The van der Waals surface area contributed by atoms with Crippen LogP contribution in [0.15, 0.2) is 54.6 Å². The number of benzene rings is 2. The summed E-state index contributed by atoms with van der Waals surface area (Å²) in [6.45, 7) is 1.44. The van der Waals surface area contributed by atoms with Gasteiger partial charge in [0.05, 0.1) is 30.1 Å². The first-order valence-corrected chi connectivity index (χ1v) is 10.9. The van der Waals surface area contributed by atoms with Crippen LogP contribution in [0.1, 0.15) is 30.0 Å². The maximum absolute atomic E-state index is 13.0. The molecule has 0 radical (unpaired) electrons. The Morgan fingerprint density at radius 1 is 1.09 bits per heavy atom. The smallest absolute Gasteiger partial charge is 0.308 e. The minimum absolute atomic E-state index is 0.163. The maximum atomic E-state index is 13.0. The molecule has 1 unspecified atom stereocenters. The second-order valence-electron chi connectivity index (χ2n) is 7.97. The van der Waals surface area contributed by atoms with E-state index in [0.29, 0.717) is 55.0 Å². The van der Waals surface area contributed by atoms with Crippen molar-refractivity contribution >= 4 is 28.7 Å². The predicted octanol–water partition coefficient (Wildman–Crippen LogP) is 2.94. The Labute approximate surface area is 192 Å². The third-order valence-electron chi connectivity index (χ3n) is 5.88. The molecule has 2 heterocycles. The van der Waals surface area contributed by atoms with Crippen molar-refractivity contribution < 1.29 is 14.3 Å². The van der Waals surface area contributed by atoms with Crippen molar-refractivity contribution in [3.05, 3.63) is 65.9 Å². The lowest BCUT2D eigenvalue weighted by Crippen LogP contribution is -2.39. The van der Waals surface area contributed by atoms with Gasteiger partial charge in [-0.15, -0.1) is 0 Å². The lowest BCUT2D eigenvalue weighted by molar-refractivity contribution is -0.146. The highest BCUT2D eigenvalue weighted by atomic mass is 16.5. The number of amides is 1. The molecule has 1 aliphatic heterocycles. The zero-order valence-electron chi connectivity index (χ0n) is 18.4. The summed E-state index contributed by atoms with van der Waals surface area (Å²) in [5.41, 5.74) is 2.58. The van der Waals surface area contributed by atoms with E-state index >= 15 is 0 Å². The predicted molar refractivity (Wildman–Crippen MR) is 123 cm³/mol. The number of hydrogen-bond acceptors (Lipinski definition) is 7. The molecule has 1 amide bonds. The monoisotopic (exact) mass is 443 g/mol. The van der Waals surface area contributed by atoms with Crippen LogP contribution in [-0.2, 0) is 20.9 Å². The maximum Gasteiger partial charge on any atom is 0.308 e. The molecule has 8 heteroatoms. The van der Waals surface area contributed by atoms with Gasteiger partial charge in [-0.1, -0.05) is 42.5 Å². The highest BCUT2D eigenvalue weighted by Gasteiger charge is 2.32. The molecule has 4 rings (SSSR count). The van der Waals surface area contributed by atoms with E-state index in [2.05, 4.69) is 16.4 Å². The van der Waals surface area contributed by atoms with Crippen LogP contribution in [-0.4, -0.2) is 42.0 Å². The van der Waals surface area contributed by atoms with Crippen LogP contribution in [0.2, 0.25) is 0 Å². The highest BCUT2D eigenvalue weighted by molar-refractivity contribution is 5.89. The Kier molecular flexibility index (Phi) is 6.79. The number of carbonyl (C=O) groups excluding carboxylic acids is 2. The van der Waals surface area contributed by atoms with E-state index in [1.165, 1.54) is 7.11 Å². The molecular formula is C25H25N5O3. The molecule has 3 aromatic rings. The molecule has 1 saturated heterocycles. The van der Waals surface area contributed by atoms with E-state index in [1.807, 2.05) is 59.5 Å². The lowest BCUT2D eigenvalue weighted by atomic mass is 9.96. The number of aromatic nitrogens is 2. The third kappa shape index (κ3) is 4.93. The fraction of sp³-hybridized carbons (Fsp3) is 0.320. The number of ether oxygens (including phenoxy) is 1. The van der Waals surface area contributed by atoms with Gasteiger partial charge in [0, 0.05) is 19.6 Å². The zero-order valence-corrected chi connectivity index (χ0v) is 18.4. The van der Waals surface area contributed by atoms with Crippen molar-refractivity contribution in [3.8, 4) is 6.07 Å². The Bertz CT molecular complexity index is 1180. The van der Waals surface area contributed by atoms with E-state index in [1.54, 1.807) is 0 Å². The Morgan fingerprint density at radius 3 is 2.36 bits per heavy atom. The van der Waals surface area contributed by atoms with Crippen LogP contribution in [0.25, 0.3) is 11.0 Å². The minimum atomic E-state index is -1.11. The largest absolute Gasteiger partial charge is 0.469 e. The molecule has 8 nitrogen and oxygen atoms in total. The molecule has 0 spiro atoms. The first-order valence-electron chi connectivity index (χ1n) is 10.9. The SMILES string of the molecule is COC(=O)C1CCN(c2nc3ccccc3nc2C(C#N)C(=O)NCc2ccccc2)CC1. The van der Waals surface area contributed by atoms with Crippen molar-refractivity contribution in [2.45, 2.75) is 25.3 Å². The number of piperidine rings is 1. The van der Waals surface area contributed by atoms with Gasteiger partial charge in [-0.05, 0) is 30.5 Å². The summed E-state index contributed by atoms with van der Waals surface area (Å²) in [6.07, 6.45) is 1.22. The van der Waals surface area contributed by atoms with Crippen LogP contribution in [0.3, 0.4) is 0 Å². The number of anilines is 1. The van der Waals surface area contributed by atoms with Gasteiger partial charge in [0.2, 0.25) is 5.91 Å². The van der Waals surface area contributed by atoms with E-state index in [4.69, 9.17) is 9.72 Å². The molecule has 1 atom stereocenters. The van der Waals surface area contributed by atoms with Crippen molar-refractivity contribution in [2.24, 2.45) is 5.92 Å². The first-order chi connectivity index (χ1) is 16.1. The molecule has 1 fully saturated rings. The molecular weight excluding hydrogens is 418 g/mol. The standard InChI is InChI=1S/C25H25N5O3/c1-33-25(32)18-11-13-30(14-12-18)23-22(28-20-9-5-6-10-21(20)29-23)19(15-26)24(31)27-16-17-7-3-2-4-8-17/h2-10,18-19H,11-14,16H2,1H3,(H,27,31). The van der Waals surface area contributed by atoms with E-state index < -0.39 is 11.8 Å². The third-order valence-corrected chi connectivity index (χ3v) is 5.88. The fourth-order valence-electron chi connectivity index (χ4n) is 4.06. The molecule has 0 bridgehead atoms. The summed E-state index contributed by atoms with van der Waals surface area (Å²) in [4.78, 5) is 36.4. The van der Waals surface area contributed by atoms with Crippen molar-refractivity contribution in [2.75, 3.05) is 25.1 Å². The number of para-hydroxylation sites is 2. The van der Waals surface area contributed by atoms with Gasteiger partial charge in [-0.25, -0.2) is 9.97 Å². The van der Waals surface area contributed by atoms with E-state index in [9.17, 15) is 14.9 Å². The van der Waals surface area contributed by atoms with Gasteiger partial charge in [0.15, 0.2) is 11.7 Å². The van der Waals surface area contributed by atoms with Gasteiger partial charge in [-0.3, -0.25) is 9.59 Å². The zero-order chi connectivity index (χ0) is 23.2. The Hall–Kier alpha value is -3.99. The molecule has 168 valence electrons. The van der Waals surface area contributed by atoms with Gasteiger partial charge < -0.3 is 15.0 Å².